The molecule has 0 aromatic carbocycles. The number of carbonyl (C=O) groups is 1. The fourth-order valence-electron chi connectivity index (χ4n) is 2.39. The van der Waals surface area contributed by atoms with Gasteiger partial charge in [0, 0.05) is 32.4 Å². The van der Waals surface area contributed by atoms with E-state index in [2.05, 4.69) is 9.97 Å². The molecule has 2 rings (SSSR count). The zero-order valence-electron chi connectivity index (χ0n) is 11.7. The molecule has 1 N–H and O–H groups in total. The molecule has 1 aromatic heterocycles. The highest BCUT2D eigenvalue weighted by Gasteiger charge is 2.25. The van der Waals surface area contributed by atoms with Crippen LogP contribution >= 0.6 is 0 Å². The molecule has 1 aromatic rings. The number of rotatable bonds is 4. The number of hydrogen-bond acceptors (Lipinski definition) is 6. The first-order valence-corrected chi connectivity index (χ1v) is 7.98. The number of thiol groups is 1. The zero-order chi connectivity index (χ0) is 15.4. The predicted molar refractivity (Wildman–Crippen MR) is 77.1 cm³/mol. The third-order valence-corrected chi connectivity index (χ3v) is 4.14. The molecule has 1 aliphatic rings. The van der Waals surface area contributed by atoms with Crippen molar-refractivity contribution in [1.29, 1.82) is 0 Å². The summed E-state index contributed by atoms with van der Waals surface area (Å²) in [4.78, 5) is 22.5. The Balaban J connectivity index is 2.00. The lowest BCUT2D eigenvalue weighted by Gasteiger charge is -2.36. The highest BCUT2D eigenvalue weighted by Crippen LogP contribution is 2.20. The van der Waals surface area contributed by atoms with E-state index in [1.807, 2.05) is 4.90 Å². The van der Waals surface area contributed by atoms with E-state index in [4.69, 9.17) is 5.11 Å². The van der Waals surface area contributed by atoms with Gasteiger partial charge in [-0.3, -0.25) is 0 Å². The van der Waals surface area contributed by atoms with Gasteiger partial charge in [0.25, 0.3) is 0 Å². The lowest BCUT2D eigenvalue weighted by Crippen LogP contribution is -2.45. The monoisotopic (exact) mass is 314 g/mol. The topological polar surface area (TPSA) is 104 Å². The van der Waals surface area contributed by atoms with Crippen LogP contribution < -0.4 is 4.90 Å². The van der Waals surface area contributed by atoms with Crippen molar-refractivity contribution in [2.75, 3.05) is 25.0 Å². The summed E-state index contributed by atoms with van der Waals surface area (Å²) in [6, 6.07) is 1.75. The third-order valence-electron chi connectivity index (χ3n) is 3.60. The van der Waals surface area contributed by atoms with E-state index in [1.54, 1.807) is 19.3 Å². The molecule has 8 nitrogen and oxygen atoms in total. The number of nitrogens with zero attached hydrogens (tertiary/aromatic N) is 4. The SMILES string of the molecule is CN(C(=O)O)C1CCN(c2ccnc(C[SH](=O)=O)n2)CC1. The van der Waals surface area contributed by atoms with Crippen molar-refractivity contribution in [2.24, 2.45) is 0 Å². The van der Waals surface area contributed by atoms with Crippen LogP contribution in [0.5, 0.6) is 0 Å². The van der Waals surface area contributed by atoms with E-state index in [0.29, 0.717) is 18.9 Å². The molecule has 0 radical (unpaired) electrons. The molecule has 1 saturated heterocycles. The van der Waals surface area contributed by atoms with Gasteiger partial charge < -0.3 is 14.9 Å². The zero-order valence-corrected chi connectivity index (χ0v) is 12.6. The van der Waals surface area contributed by atoms with Crippen LogP contribution in [0.4, 0.5) is 10.6 Å². The third kappa shape index (κ3) is 4.03. The fourth-order valence-corrected chi connectivity index (χ4v) is 2.78. The van der Waals surface area contributed by atoms with Gasteiger partial charge in [-0.05, 0) is 18.9 Å². The normalized spacial score (nSPS) is 16.2. The van der Waals surface area contributed by atoms with Crippen molar-refractivity contribution < 1.29 is 18.3 Å². The Bertz CT molecular complexity index is 576. The summed E-state index contributed by atoms with van der Waals surface area (Å²) in [6.07, 6.45) is 2.07. The van der Waals surface area contributed by atoms with Gasteiger partial charge in [-0.2, -0.15) is 0 Å². The molecule has 2 heterocycles. The van der Waals surface area contributed by atoms with Gasteiger partial charge >= 0.3 is 6.09 Å². The predicted octanol–water partition coefficient (Wildman–Crippen LogP) is 0.167. The quantitative estimate of drug-likeness (QED) is 0.763. The minimum atomic E-state index is -2.55. The van der Waals surface area contributed by atoms with Crippen LogP contribution in [0.1, 0.15) is 18.7 Å². The van der Waals surface area contributed by atoms with Crippen molar-refractivity contribution in [1.82, 2.24) is 14.9 Å². The molecular formula is C12H18N4O4S. The molecule has 1 amide bonds. The molecular weight excluding hydrogens is 296 g/mol. The Morgan fingerprint density at radius 2 is 2.14 bits per heavy atom. The van der Waals surface area contributed by atoms with E-state index < -0.39 is 16.8 Å². The van der Waals surface area contributed by atoms with Gasteiger partial charge in [-0.25, -0.2) is 23.2 Å². The Labute approximate surface area is 124 Å². The standard InChI is InChI=1S/C12H18N4O4S/c1-15(12(17)18)9-3-6-16(7-4-9)11-2-5-13-10(14-11)8-21(19)20/h2,5,9,21H,3-4,6-8H2,1H3,(H,17,18). The van der Waals surface area contributed by atoms with Crippen molar-refractivity contribution in [3.05, 3.63) is 18.1 Å². The summed E-state index contributed by atoms with van der Waals surface area (Å²) in [6.45, 7) is 1.37. The number of anilines is 1. The maximum Gasteiger partial charge on any atom is 0.407 e. The molecule has 21 heavy (non-hydrogen) atoms. The molecule has 0 aliphatic carbocycles. The van der Waals surface area contributed by atoms with Gasteiger partial charge in [0.2, 0.25) is 0 Å². The second-order valence-corrected chi connectivity index (χ2v) is 5.92. The fraction of sp³-hybridized carbons (Fsp3) is 0.583. The molecule has 0 atom stereocenters. The Morgan fingerprint density at radius 3 is 2.71 bits per heavy atom. The molecule has 0 bridgehead atoms. The van der Waals surface area contributed by atoms with Gasteiger partial charge in [0.05, 0.1) is 0 Å². The number of piperidine rings is 1. The molecule has 0 unspecified atom stereocenters. The summed E-state index contributed by atoms with van der Waals surface area (Å²) >= 11 is 0. The second kappa shape index (κ2) is 6.70. The summed E-state index contributed by atoms with van der Waals surface area (Å²) in [5.41, 5.74) is 0. The summed E-state index contributed by atoms with van der Waals surface area (Å²) < 4.78 is 21.4. The van der Waals surface area contributed by atoms with Gasteiger partial charge in [0.1, 0.15) is 28.1 Å². The van der Waals surface area contributed by atoms with Crippen LogP contribution in [0.25, 0.3) is 0 Å². The van der Waals surface area contributed by atoms with Gasteiger partial charge in [-0.15, -0.1) is 0 Å². The first-order valence-electron chi connectivity index (χ1n) is 6.62. The van der Waals surface area contributed by atoms with Gasteiger partial charge in [-0.1, -0.05) is 0 Å². The highest BCUT2D eigenvalue weighted by molar-refractivity contribution is 7.71. The summed E-state index contributed by atoms with van der Waals surface area (Å²) in [5, 5.41) is 8.97. The number of amides is 1. The first kappa shape index (κ1) is 15.5. The van der Waals surface area contributed by atoms with Crippen LogP contribution in [-0.4, -0.2) is 60.7 Å². The van der Waals surface area contributed by atoms with Crippen molar-refractivity contribution in [3.8, 4) is 0 Å². The van der Waals surface area contributed by atoms with Crippen molar-refractivity contribution in [3.63, 3.8) is 0 Å². The lowest BCUT2D eigenvalue weighted by atomic mass is 10.0. The molecule has 0 saturated carbocycles. The summed E-state index contributed by atoms with van der Waals surface area (Å²) in [5.74, 6) is 0.808. The summed E-state index contributed by atoms with van der Waals surface area (Å²) in [7, 11) is -0.966. The number of aromatic nitrogens is 2. The molecule has 116 valence electrons. The lowest BCUT2D eigenvalue weighted by molar-refractivity contribution is 0.131. The van der Waals surface area contributed by atoms with Crippen LogP contribution in [0.3, 0.4) is 0 Å². The minimum Gasteiger partial charge on any atom is -0.465 e. The van der Waals surface area contributed by atoms with Crippen LogP contribution in [-0.2, 0) is 16.5 Å². The van der Waals surface area contributed by atoms with E-state index in [9.17, 15) is 13.2 Å². The molecule has 0 spiro atoms. The van der Waals surface area contributed by atoms with E-state index >= 15 is 0 Å². The minimum absolute atomic E-state index is 0.0104. The van der Waals surface area contributed by atoms with Crippen molar-refractivity contribution in [2.45, 2.75) is 24.6 Å². The molecule has 9 heteroatoms. The average molecular weight is 314 g/mol. The highest BCUT2D eigenvalue weighted by atomic mass is 32.2. The van der Waals surface area contributed by atoms with E-state index in [1.165, 1.54) is 4.90 Å². The second-order valence-electron chi connectivity index (χ2n) is 4.93. The maximum absolute atomic E-state index is 10.9. The Kier molecular flexibility index (Phi) is 4.94. The maximum atomic E-state index is 10.9. The van der Waals surface area contributed by atoms with E-state index in [-0.39, 0.29) is 17.6 Å². The van der Waals surface area contributed by atoms with Crippen LogP contribution in [0.2, 0.25) is 0 Å². The number of carboxylic acid groups (broad SMARTS) is 1. The van der Waals surface area contributed by atoms with Crippen LogP contribution in [0, 0.1) is 0 Å². The van der Waals surface area contributed by atoms with Crippen LogP contribution in [0.15, 0.2) is 12.3 Å². The van der Waals surface area contributed by atoms with E-state index in [0.717, 1.165) is 12.8 Å². The molecule has 1 fully saturated rings. The Morgan fingerprint density at radius 1 is 1.48 bits per heavy atom. The van der Waals surface area contributed by atoms with Gasteiger partial charge in [0.15, 0.2) is 0 Å². The smallest absolute Gasteiger partial charge is 0.407 e. The average Bonchev–Trinajstić information content (AvgIpc) is 2.46. The Hall–Kier alpha value is -1.90. The largest absolute Gasteiger partial charge is 0.465 e. The molecule has 1 aliphatic heterocycles. The first-order chi connectivity index (χ1) is 9.97. The van der Waals surface area contributed by atoms with Crippen molar-refractivity contribution >= 4 is 22.6 Å². The number of hydrogen-bond donors (Lipinski definition) is 2.